The molecule has 2 saturated heterocycles. The number of rotatable bonds is 3. The van der Waals surface area contributed by atoms with Gasteiger partial charge in [0.05, 0.1) is 11.7 Å². The number of hydrogen-bond acceptors (Lipinski definition) is 5. The molecular formula is C23H27BrN6O. The fourth-order valence-electron chi connectivity index (χ4n) is 4.79. The largest absolute Gasteiger partial charge is 0.356 e. The van der Waals surface area contributed by atoms with Crippen molar-refractivity contribution >= 4 is 33.3 Å². The zero-order valence-corrected chi connectivity index (χ0v) is 19.5. The number of carbonyl (C=O) groups is 1. The van der Waals surface area contributed by atoms with Crippen molar-refractivity contribution in [2.24, 2.45) is 5.92 Å². The Morgan fingerprint density at radius 1 is 1.23 bits per heavy atom. The van der Waals surface area contributed by atoms with Crippen LogP contribution in [-0.4, -0.2) is 50.0 Å². The van der Waals surface area contributed by atoms with E-state index >= 15 is 0 Å². The van der Waals surface area contributed by atoms with Gasteiger partial charge in [-0.3, -0.25) is 4.79 Å². The summed E-state index contributed by atoms with van der Waals surface area (Å²) in [5.41, 5.74) is 3.33. The number of aryl methyl sites for hydroxylation is 1. The maximum Gasteiger partial charge on any atom is 0.274 e. The molecule has 0 unspecified atom stereocenters. The summed E-state index contributed by atoms with van der Waals surface area (Å²) < 4.78 is 2.59. The van der Waals surface area contributed by atoms with Crippen LogP contribution < -0.4 is 4.90 Å². The third-order valence-electron chi connectivity index (χ3n) is 6.41. The summed E-state index contributed by atoms with van der Waals surface area (Å²) in [6.07, 6.45) is 7.90. The Kier molecular flexibility index (Phi) is 5.42. The van der Waals surface area contributed by atoms with Gasteiger partial charge in [0.15, 0.2) is 5.65 Å². The van der Waals surface area contributed by atoms with E-state index in [1.165, 1.54) is 6.42 Å². The molecule has 0 N–H and O–H groups in total. The fourth-order valence-corrected chi connectivity index (χ4v) is 5.22. The van der Waals surface area contributed by atoms with Crippen LogP contribution in [0, 0.1) is 12.8 Å². The zero-order chi connectivity index (χ0) is 21.5. The molecule has 2 fully saturated rings. The van der Waals surface area contributed by atoms with Crippen LogP contribution in [0.4, 0.5) is 5.82 Å². The monoisotopic (exact) mass is 482 g/mol. The average molecular weight is 483 g/mol. The predicted molar refractivity (Wildman–Crippen MR) is 123 cm³/mol. The molecule has 0 bridgehead atoms. The van der Waals surface area contributed by atoms with Gasteiger partial charge in [-0.15, -0.1) is 0 Å². The van der Waals surface area contributed by atoms with E-state index in [-0.39, 0.29) is 11.9 Å². The van der Waals surface area contributed by atoms with Crippen molar-refractivity contribution in [1.29, 1.82) is 0 Å². The van der Waals surface area contributed by atoms with Crippen molar-refractivity contribution in [2.45, 2.75) is 45.6 Å². The van der Waals surface area contributed by atoms with Crippen LogP contribution in [0.2, 0.25) is 0 Å². The Balaban J connectivity index is 1.48. The molecule has 2 aliphatic rings. The van der Waals surface area contributed by atoms with Crippen molar-refractivity contribution in [3.8, 4) is 0 Å². The lowest BCUT2D eigenvalue weighted by atomic mass is 9.99. The lowest BCUT2D eigenvalue weighted by Crippen LogP contribution is -2.39. The lowest BCUT2D eigenvalue weighted by molar-refractivity contribution is 0.0598. The number of anilines is 1. The van der Waals surface area contributed by atoms with Gasteiger partial charge in [-0.05, 0) is 66.6 Å². The zero-order valence-electron chi connectivity index (χ0n) is 18.0. The molecule has 0 saturated carbocycles. The first-order valence-corrected chi connectivity index (χ1v) is 11.8. The Bertz CT molecular complexity index is 1130. The Labute approximate surface area is 190 Å². The summed E-state index contributed by atoms with van der Waals surface area (Å²) in [6, 6.07) is 5.67. The Hall–Kier alpha value is -2.48. The lowest BCUT2D eigenvalue weighted by Gasteiger charge is -2.34. The van der Waals surface area contributed by atoms with Gasteiger partial charge in [0.1, 0.15) is 11.5 Å². The van der Waals surface area contributed by atoms with Crippen LogP contribution in [0.5, 0.6) is 0 Å². The predicted octanol–water partition coefficient (Wildman–Crippen LogP) is 4.41. The second kappa shape index (κ2) is 8.22. The minimum atomic E-state index is -0.0626. The van der Waals surface area contributed by atoms with Gasteiger partial charge < -0.3 is 9.80 Å². The summed E-state index contributed by atoms with van der Waals surface area (Å²) in [5, 5.41) is 4.84. The van der Waals surface area contributed by atoms with Gasteiger partial charge in [-0.2, -0.15) is 5.10 Å². The first-order chi connectivity index (χ1) is 15.0. The smallest absolute Gasteiger partial charge is 0.274 e. The maximum atomic E-state index is 13.3. The quantitative estimate of drug-likeness (QED) is 0.552. The number of amides is 1. The van der Waals surface area contributed by atoms with E-state index in [4.69, 9.17) is 10.1 Å². The van der Waals surface area contributed by atoms with Gasteiger partial charge in [0, 0.05) is 48.1 Å². The van der Waals surface area contributed by atoms with E-state index in [0.717, 1.165) is 59.5 Å². The second-order valence-electron chi connectivity index (χ2n) is 8.80. The highest BCUT2D eigenvalue weighted by atomic mass is 79.9. The molecule has 8 heteroatoms. The molecule has 31 heavy (non-hydrogen) atoms. The van der Waals surface area contributed by atoms with Crippen LogP contribution in [0.25, 0.3) is 5.65 Å². The topological polar surface area (TPSA) is 66.6 Å². The van der Waals surface area contributed by atoms with Crippen LogP contribution in [0.15, 0.2) is 35.1 Å². The molecule has 3 aromatic rings. The molecule has 7 nitrogen and oxygen atoms in total. The minimum Gasteiger partial charge on any atom is -0.356 e. The van der Waals surface area contributed by atoms with Gasteiger partial charge in [0.25, 0.3) is 5.91 Å². The van der Waals surface area contributed by atoms with E-state index in [9.17, 15) is 4.79 Å². The van der Waals surface area contributed by atoms with E-state index in [1.807, 2.05) is 27.6 Å². The third-order valence-corrected chi connectivity index (χ3v) is 7.05. The van der Waals surface area contributed by atoms with Gasteiger partial charge in [-0.25, -0.2) is 14.5 Å². The second-order valence-corrected chi connectivity index (χ2v) is 9.66. The fraction of sp³-hybridized carbons (Fsp3) is 0.478. The van der Waals surface area contributed by atoms with E-state index < -0.39 is 0 Å². The van der Waals surface area contributed by atoms with Crippen molar-refractivity contribution in [3.63, 3.8) is 0 Å². The van der Waals surface area contributed by atoms with Crippen molar-refractivity contribution < 1.29 is 4.79 Å². The van der Waals surface area contributed by atoms with E-state index in [2.05, 4.69) is 45.9 Å². The highest BCUT2D eigenvalue weighted by Gasteiger charge is 2.32. The molecule has 1 amide bonds. The molecule has 2 atom stereocenters. The number of carbonyl (C=O) groups excluding carboxylic acids is 1. The number of fused-ring (bicyclic) bond motifs is 1. The molecule has 3 aromatic heterocycles. The Morgan fingerprint density at radius 3 is 2.87 bits per heavy atom. The maximum absolute atomic E-state index is 13.3. The van der Waals surface area contributed by atoms with Crippen molar-refractivity contribution in [1.82, 2.24) is 24.5 Å². The first-order valence-electron chi connectivity index (χ1n) is 11.0. The number of pyridine rings is 1. The highest BCUT2D eigenvalue weighted by molar-refractivity contribution is 9.10. The SMILES string of the molecule is Cc1cn2nc([C@@H]3CCCCN3C(=O)c3ncccc3Br)cc2nc1N1CC[C@H](C)C1. The van der Waals surface area contributed by atoms with Crippen LogP contribution in [-0.2, 0) is 0 Å². The molecule has 2 aliphatic heterocycles. The normalized spacial score (nSPS) is 21.8. The summed E-state index contributed by atoms with van der Waals surface area (Å²) in [6.45, 7) is 7.20. The molecule has 0 radical (unpaired) electrons. The van der Waals surface area contributed by atoms with E-state index in [1.54, 1.807) is 6.20 Å². The summed E-state index contributed by atoms with van der Waals surface area (Å²) >= 11 is 3.48. The van der Waals surface area contributed by atoms with Crippen LogP contribution >= 0.6 is 15.9 Å². The van der Waals surface area contributed by atoms with Gasteiger partial charge >= 0.3 is 0 Å². The summed E-state index contributed by atoms with van der Waals surface area (Å²) in [5.74, 6) is 1.70. The number of hydrogen-bond donors (Lipinski definition) is 0. The van der Waals surface area contributed by atoms with Crippen molar-refractivity contribution in [2.75, 3.05) is 24.5 Å². The number of aromatic nitrogens is 4. The number of halogens is 1. The number of likely N-dealkylation sites (tertiary alicyclic amines) is 1. The Morgan fingerprint density at radius 2 is 2.10 bits per heavy atom. The average Bonchev–Trinajstić information content (AvgIpc) is 3.38. The summed E-state index contributed by atoms with van der Waals surface area (Å²) in [7, 11) is 0. The standard InChI is InChI=1S/C23H27BrN6O/c1-15-8-11-28(13-15)22-16(2)14-30-20(26-22)12-18(27-30)19-7-3-4-10-29(19)23(31)21-17(24)6-5-9-25-21/h5-6,9,12,14-15,19H,3-4,7-8,10-11,13H2,1-2H3/t15-,19-/m0/s1. The highest BCUT2D eigenvalue weighted by Crippen LogP contribution is 2.33. The van der Waals surface area contributed by atoms with Gasteiger partial charge in [-0.1, -0.05) is 6.92 Å². The molecule has 5 heterocycles. The molecular weight excluding hydrogens is 456 g/mol. The molecule has 5 rings (SSSR count). The van der Waals surface area contributed by atoms with Crippen LogP contribution in [0.3, 0.4) is 0 Å². The van der Waals surface area contributed by atoms with Crippen LogP contribution in [0.1, 0.15) is 60.4 Å². The van der Waals surface area contributed by atoms with Gasteiger partial charge in [0.2, 0.25) is 0 Å². The molecule has 162 valence electrons. The minimum absolute atomic E-state index is 0.0508. The first kappa shape index (κ1) is 20.4. The van der Waals surface area contributed by atoms with Crippen molar-refractivity contribution in [3.05, 3.63) is 52.0 Å². The van der Waals surface area contributed by atoms with E-state index in [0.29, 0.717) is 18.2 Å². The summed E-state index contributed by atoms with van der Waals surface area (Å²) in [4.78, 5) is 26.9. The third kappa shape index (κ3) is 3.82. The molecule has 0 spiro atoms. The number of piperidine rings is 1. The number of nitrogens with zero attached hydrogens (tertiary/aromatic N) is 6. The molecule has 0 aliphatic carbocycles. The molecule has 0 aromatic carbocycles.